The molecular weight excluding hydrogens is 207 g/mol. The Morgan fingerprint density at radius 3 is 2.57 bits per heavy atom. The van der Waals surface area contributed by atoms with Crippen molar-refractivity contribution in [3.05, 3.63) is 30.3 Å². The van der Waals surface area contributed by atoms with E-state index in [2.05, 4.69) is 14.1 Å². The van der Waals surface area contributed by atoms with Crippen LogP contribution in [0.25, 0.3) is 0 Å². The zero-order chi connectivity index (χ0) is 10.4. The first-order chi connectivity index (χ1) is 6.64. The molecule has 0 heterocycles. The lowest BCUT2D eigenvalue weighted by Gasteiger charge is -2.10. The molecule has 0 saturated heterocycles. The van der Waals surface area contributed by atoms with E-state index in [4.69, 9.17) is 4.89 Å². The monoisotopic (exact) mass is 218 g/mol. The minimum Gasteiger partial charge on any atom is -0.403 e. The zero-order valence-corrected chi connectivity index (χ0v) is 8.52. The number of hydrogen-bond acceptors (Lipinski definition) is 4. The molecule has 1 rings (SSSR count). The van der Waals surface area contributed by atoms with Crippen molar-refractivity contribution in [1.29, 1.82) is 0 Å². The van der Waals surface area contributed by atoms with E-state index in [1.165, 1.54) is 12.1 Å². The summed E-state index contributed by atoms with van der Waals surface area (Å²) in [6, 6.07) is 8.20. The zero-order valence-electron chi connectivity index (χ0n) is 7.62. The molecule has 78 valence electrons. The summed E-state index contributed by atoms with van der Waals surface area (Å²) in [5.41, 5.74) is 0. The van der Waals surface area contributed by atoms with Crippen LogP contribution in [0.15, 0.2) is 30.3 Å². The molecule has 0 spiro atoms. The minimum absolute atomic E-state index is 0.169. The molecule has 0 aliphatic heterocycles. The topological polar surface area (TPSA) is 65.0 Å². The minimum atomic E-state index is -4.15. The third-order valence-electron chi connectivity index (χ3n) is 1.23. The molecule has 0 radical (unpaired) electrons. The second kappa shape index (κ2) is 5.12. The second-order valence-electron chi connectivity index (χ2n) is 2.35. The van der Waals surface area contributed by atoms with Crippen LogP contribution in [0, 0.1) is 0 Å². The average Bonchev–Trinajstić information content (AvgIpc) is 2.16. The Balaban J connectivity index is 2.55. The molecule has 1 N–H and O–H groups in total. The summed E-state index contributed by atoms with van der Waals surface area (Å²) in [6.07, 6.45) is 0. The number of hydrogen-bond donors (Lipinski definition) is 1. The predicted octanol–water partition coefficient (Wildman–Crippen LogP) is 2.13. The van der Waals surface area contributed by atoms with Gasteiger partial charge in [0.25, 0.3) is 0 Å². The van der Waals surface area contributed by atoms with Gasteiger partial charge >= 0.3 is 7.82 Å². The van der Waals surface area contributed by atoms with E-state index < -0.39 is 7.82 Å². The first-order valence-corrected chi connectivity index (χ1v) is 5.52. The van der Waals surface area contributed by atoms with Crippen LogP contribution in [0.3, 0.4) is 0 Å². The highest BCUT2D eigenvalue weighted by molar-refractivity contribution is 7.47. The summed E-state index contributed by atoms with van der Waals surface area (Å²) in [5.74, 6) is 0.248. The summed E-state index contributed by atoms with van der Waals surface area (Å²) in [4.78, 5) is 13.4. The smallest absolute Gasteiger partial charge is 0.403 e. The molecule has 1 aromatic rings. The van der Waals surface area contributed by atoms with Crippen molar-refractivity contribution in [3.8, 4) is 5.75 Å². The quantitative estimate of drug-likeness (QED) is 0.466. The van der Waals surface area contributed by atoms with E-state index in [-0.39, 0.29) is 12.4 Å². The molecule has 0 fully saturated rings. The van der Waals surface area contributed by atoms with Gasteiger partial charge in [-0.2, -0.15) is 0 Å². The van der Waals surface area contributed by atoms with E-state index in [1.807, 2.05) is 0 Å². The van der Waals surface area contributed by atoms with Gasteiger partial charge in [0.05, 0.1) is 6.61 Å². The van der Waals surface area contributed by atoms with Crippen LogP contribution in [0.1, 0.15) is 6.92 Å². The highest BCUT2D eigenvalue weighted by atomic mass is 31.2. The predicted molar refractivity (Wildman–Crippen MR) is 49.6 cm³/mol. The normalized spacial score (nSPS) is 14.7. The maximum atomic E-state index is 11.1. The van der Waals surface area contributed by atoms with E-state index in [0.717, 1.165) is 0 Å². The van der Waals surface area contributed by atoms with Crippen LogP contribution in [0.2, 0.25) is 0 Å². The SMILES string of the molecule is CCOOP(=O)(O)Oc1ccccc1. The molecule has 14 heavy (non-hydrogen) atoms. The van der Waals surface area contributed by atoms with Gasteiger partial charge in [-0.05, 0) is 19.1 Å². The molecule has 0 aliphatic rings. The van der Waals surface area contributed by atoms with Crippen LogP contribution in [0.4, 0.5) is 0 Å². The Bertz CT molecular complexity index is 313. The van der Waals surface area contributed by atoms with Gasteiger partial charge in [0.15, 0.2) is 0 Å². The molecular formula is C8H11O5P. The van der Waals surface area contributed by atoms with Crippen LogP contribution in [-0.4, -0.2) is 11.5 Å². The molecule has 0 aliphatic carbocycles. The molecule has 5 nitrogen and oxygen atoms in total. The van der Waals surface area contributed by atoms with Crippen molar-refractivity contribution >= 4 is 7.82 Å². The maximum Gasteiger partial charge on any atom is 0.555 e. The number of para-hydroxylation sites is 1. The molecule has 1 atom stereocenters. The summed E-state index contributed by atoms with van der Waals surface area (Å²) in [6.45, 7) is 1.80. The first-order valence-electron chi connectivity index (χ1n) is 4.02. The largest absolute Gasteiger partial charge is 0.555 e. The van der Waals surface area contributed by atoms with Crippen LogP contribution < -0.4 is 4.52 Å². The van der Waals surface area contributed by atoms with Crippen LogP contribution in [0.5, 0.6) is 5.75 Å². The summed E-state index contributed by atoms with van der Waals surface area (Å²) in [5, 5.41) is 0. The van der Waals surface area contributed by atoms with Gasteiger partial charge in [0.2, 0.25) is 0 Å². The lowest BCUT2D eigenvalue weighted by molar-refractivity contribution is -0.216. The molecule has 1 aromatic carbocycles. The van der Waals surface area contributed by atoms with Gasteiger partial charge in [0, 0.05) is 0 Å². The van der Waals surface area contributed by atoms with E-state index in [9.17, 15) is 4.57 Å². The molecule has 6 heteroatoms. The standard InChI is InChI=1S/C8H11O5P/c1-2-11-13-14(9,10)12-8-6-4-3-5-7-8/h3-7H,2H2,1H3,(H,9,10). The van der Waals surface area contributed by atoms with Crippen molar-refractivity contribution in [3.63, 3.8) is 0 Å². The molecule has 0 saturated carbocycles. The Morgan fingerprint density at radius 1 is 1.36 bits per heavy atom. The summed E-state index contributed by atoms with van der Waals surface area (Å²) >= 11 is 0. The lowest BCUT2D eigenvalue weighted by atomic mass is 10.3. The van der Waals surface area contributed by atoms with Gasteiger partial charge in [-0.15, -0.1) is 4.67 Å². The average molecular weight is 218 g/mol. The molecule has 0 amide bonds. The number of phosphoric acid groups is 1. The van der Waals surface area contributed by atoms with Crippen molar-refractivity contribution in [2.75, 3.05) is 6.61 Å². The van der Waals surface area contributed by atoms with E-state index in [0.29, 0.717) is 0 Å². The fourth-order valence-corrected chi connectivity index (χ4v) is 1.41. The van der Waals surface area contributed by atoms with Crippen molar-refractivity contribution in [1.82, 2.24) is 0 Å². The Hall–Kier alpha value is -0.870. The van der Waals surface area contributed by atoms with Crippen molar-refractivity contribution < 1.29 is 23.5 Å². The maximum absolute atomic E-state index is 11.1. The lowest BCUT2D eigenvalue weighted by Crippen LogP contribution is -1.98. The Morgan fingerprint density at radius 2 is 2.00 bits per heavy atom. The van der Waals surface area contributed by atoms with E-state index >= 15 is 0 Å². The van der Waals surface area contributed by atoms with Gasteiger partial charge < -0.3 is 4.52 Å². The van der Waals surface area contributed by atoms with Crippen molar-refractivity contribution in [2.24, 2.45) is 0 Å². The summed E-state index contributed by atoms with van der Waals surface area (Å²) in [7, 11) is -4.15. The fourth-order valence-electron chi connectivity index (χ4n) is 0.749. The number of rotatable bonds is 5. The Labute approximate surface area is 81.8 Å². The van der Waals surface area contributed by atoms with Gasteiger partial charge in [-0.1, -0.05) is 18.2 Å². The van der Waals surface area contributed by atoms with Gasteiger partial charge in [0.1, 0.15) is 5.75 Å². The van der Waals surface area contributed by atoms with Gasteiger partial charge in [-0.3, -0.25) is 4.89 Å². The third-order valence-corrected chi connectivity index (χ3v) is 1.96. The van der Waals surface area contributed by atoms with Crippen molar-refractivity contribution in [2.45, 2.75) is 6.92 Å². The Kier molecular flexibility index (Phi) is 4.10. The van der Waals surface area contributed by atoms with Gasteiger partial charge in [-0.25, -0.2) is 9.45 Å². The highest BCUT2D eigenvalue weighted by Crippen LogP contribution is 2.43. The molecule has 1 unspecified atom stereocenters. The number of benzene rings is 1. The first kappa shape index (κ1) is 11.2. The molecule has 0 aromatic heterocycles. The van der Waals surface area contributed by atoms with Crippen LogP contribution in [-0.2, 0) is 14.1 Å². The highest BCUT2D eigenvalue weighted by Gasteiger charge is 2.24. The summed E-state index contributed by atoms with van der Waals surface area (Å²) < 4.78 is 20.0. The van der Waals surface area contributed by atoms with Crippen LogP contribution >= 0.6 is 7.82 Å². The number of phosphoric ester groups is 1. The third kappa shape index (κ3) is 3.89. The fraction of sp³-hybridized carbons (Fsp3) is 0.250. The second-order valence-corrected chi connectivity index (χ2v) is 3.62. The van der Waals surface area contributed by atoms with E-state index in [1.54, 1.807) is 25.1 Å². The molecule has 0 bridgehead atoms.